The molecule has 1 N–H and O–H groups in total. The zero-order valence-electron chi connectivity index (χ0n) is 15.9. The lowest BCUT2D eigenvalue weighted by Gasteiger charge is -2.30. The van der Waals surface area contributed by atoms with E-state index in [9.17, 15) is 13.2 Å². The van der Waals surface area contributed by atoms with Gasteiger partial charge in [0.2, 0.25) is 15.9 Å². The van der Waals surface area contributed by atoms with Crippen molar-refractivity contribution in [3.63, 3.8) is 0 Å². The molecule has 10 heteroatoms. The Kier molecular flexibility index (Phi) is 5.66. The van der Waals surface area contributed by atoms with Crippen LogP contribution in [0.4, 0.5) is 0 Å². The maximum atomic E-state index is 12.8. The predicted octanol–water partition coefficient (Wildman–Crippen LogP) is 0.662. The Morgan fingerprint density at radius 3 is 2.78 bits per heavy atom. The summed E-state index contributed by atoms with van der Waals surface area (Å²) in [7, 11) is -1.95. The number of carbonyl (C=O) groups is 1. The van der Waals surface area contributed by atoms with Gasteiger partial charge in [-0.15, -0.1) is 0 Å². The molecule has 1 fully saturated rings. The number of hydrogen-bond donors (Lipinski definition) is 1. The topological polar surface area (TPSA) is 102 Å². The first-order chi connectivity index (χ1) is 12.8. The Hall–Kier alpha value is -2.20. The number of amides is 1. The summed E-state index contributed by atoms with van der Waals surface area (Å²) in [6.07, 6.45) is 6.08. The highest BCUT2D eigenvalue weighted by Crippen LogP contribution is 2.23. The number of carbonyl (C=O) groups excluding carboxylic acids is 1. The standard InChI is InChI=1S/C17H26N6O3S/c1-4-22-10-15(13(2)20-22)8-18-17(24)14-6-5-7-23(11-14)27(25,26)16-9-19-21(3)12-16/h9-10,12,14H,4-8,11H2,1-3H3,(H,18,24)/t14-/m0/s1. The molecular formula is C17H26N6O3S. The molecule has 3 rings (SSSR count). The lowest BCUT2D eigenvalue weighted by Crippen LogP contribution is -2.45. The molecule has 0 radical (unpaired) electrons. The third-order valence-corrected chi connectivity index (χ3v) is 6.72. The van der Waals surface area contributed by atoms with Crippen LogP contribution >= 0.6 is 0 Å². The number of hydrogen-bond acceptors (Lipinski definition) is 5. The van der Waals surface area contributed by atoms with Gasteiger partial charge in [0, 0.05) is 51.2 Å². The molecule has 2 aromatic heterocycles. The summed E-state index contributed by atoms with van der Waals surface area (Å²) >= 11 is 0. The normalized spacial score (nSPS) is 18.6. The molecule has 1 saturated heterocycles. The minimum atomic E-state index is -3.62. The number of sulfonamides is 1. The summed E-state index contributed by atoms with van der Waals surface area (Å²) in [5.74, 6) is -0.476. The van der Waals surface area contributed by atoms with Crippen LogP contribution < -0.4 is 5.32 Å². The second kappa shape index (κ2) is 7.81. The van der Waals surface area contributed by atoms with E-state index in [1.165, 1.54) is 21.4 Å². The smallest absolute Gasteiger partial charge is 0.246 e. The second-order valence-electron chi connectivity index (χ2n) is 6.87. The minimum absolute atomic E-state index is 0.121. The fourth-order valence-corrected chi connectivity index (χ4v) is 4.79. The van der Waals surface area contributed by atoms with E-state index in [0.717, 1.165) is 17.8 Å². The summed E-state index contributed by atoms with van der Waals surface area (Å²) in [6, 6.07) is 0. The van der Waals surface area contributed by atoms with Crippen LogP contribution in [-0.2, 0) is 35.0 Å². The van der Waals surface area contributed by atoms with Gasteiger partial charge in [-0.05, 0) is 26.7 Å². The summed E-state index contributed by atoms with van der Waals surface area (Å²) in [4.78, 5) is 12.8. The summed E-state index contributed by atoms with van der Waals surface area (Å²) in [5, 5.41) is 11.2. The van der Waals surface area contributed by atoms with Crippen molar-refractivity contribution in [3.05, 3.63) is 29.8 Å². The maximum absolute atomic E-state index is 12.8. The van der Waals surface area contributed by atoms with Crippen molar-refractivity contribution < 1.29 is 13.2 Å². The van der Waals surface area contributed by atoms with Gasteiger partial charge >= 0.3 is 0 Å². The molecule has 0 aliphatic carbocycles. The lowest BCUT2D eigenvalue weighted by molar-refractivity contribution is -0.126. The first-order valence-electron chi connectivity index (χ1n) is 9.10. The van der Waals surface area contributed by atoms with Gasteiger partial charge in [-0.2, -0.15) is 14.5 Å². The maximum Gasteiger partial charge on any atom is 0.246 e. The van der Waals surface area contributed by atoms with Gasteiger partial charge in [-0.25, -0.2) is 8.42 Å². The van der Waals surface area contributed by atoms with E-state index >= 15 is 0 Å². The summed E-state index contributed by atoms with van der Waals surface area (Å²) < 4.78 is 30.2. The van der Waals surface area contributed by atoms with Crippen LogP contribution in [-0.4, -0.2) is 51.3 Å². The molecule has 0 saturated carbocycles. The van der Waals surface area contributed by atoms with Gasteiger partial charge in [-0.3, -0.25) is 14.2 Å². The van der Waals surface area contributed by atoms with Crippen LogP contribution in [0.15, 0.2) is 23.5 Å². The molecule has 3 heterocycles. The van der Waals surface area contributed by atoms with E-state index < -0.39 is 10.0 Å². The van der Waals surface area contributed by atoms with Gasteiger partial charge in [0.1, 0.15) is 4.90 Å². The Bertz CT molecular complexity index is 917. The van der Waals surface area contributed by atoms with Gasteiger partial charge < -0.3 is 5.32 Å². The molecule has 0 aromatic carbocycles. The third-order valence-electron chi connectivity index (χ3n) is 4.90. The van der Waals surface area contributed by atoms with Gasteiger partial charge in [0.15, 0.2) is 0 Å². The first kappa shape index (κ1) is 19.6. The number of piperidine rings is 1. The van der Waals surface area contributed by atoms with Crippen LogP contribution in [0.1, 0.15) is 31.0 Å². The monoisotopic (exact) mass is 394 g/mol. The second-order valence-corrected chi connectivity index (χ2v) is 8.80. The largest absolute Gasteiger partial charge is 0.352 e. The number of nitrogens with one attached hydrogen (secondary N) is 1. The Morgan fingerprint density at radius 1 is 1.37 bits per heavy atom. The van der Waals surface area contributed by atoms with E-state index in [0.29, 0.717) is 25.9 Å². The molecule has 9 nitrogen and oxygen atoms in total. The zero-order chi connectivity index (χ0) is 19.6. The van der Waals surface area contributed by atoms with Crippen molar-refractivity contribution in [1.82, 2.24) is 29.2 Å². The van der Waals surface area contributed by atoms with Crippen LogP contribution in [0.2, 0.25) is 0 Å². The molecule has 0 bridgehead atoms. The average molecular weight is 395 g/mol. The SMILES string of the molecule is CCn1cc(CNC(=O)[C@H]2CCCN(S(=O)(=O)c3cnn(C)c3)C2)c(C)n1. The first-order valence-corrected chi connectivity index (χ1v) is 10.5. The van der Waals surface area contributed by atoms with Gasteiger partial charge in [-0.1, -0.05) is 0 Å². The third kappa shape index (κ3) is 4.22. The van der Waals surface area contributed by atoms with Crippen molar-refractivity contribution in [2.24, 2.45) is 13.0 Å². The van der Waals surface area contributed by atoms with Crippen LogP contribution in [0.3, 0.4) is 0 Å². The van der Waals surface area contributed by atoms with Crippen molar-refractivity contribution in [3.8, 4) is 0 Å². The van der Waals surface area contributed by atoms with E-state index in [1.54, 1.807) is 7.05 Å². The van der Waals surface area contributed by atoms with Crippen molar-refractivity contribution >= 4 is 15.9 Å². The number of aryl methyl sites for hydroxylation is 3. The number of aromatic nitrogens is 4. The molecule has 1 amide bonds. The fraction of sp³-hybridized carbons (Fsp3) is 0.588. The summed E-state index contributed by atoms with van der Waals surface area (Å²) in [5.41, 5.74) is 1.86. The number of nitrogens with zero attached hydrogens (tertiary/aromatic N) is 5. The van der Waals surface area contributed by atoms with Crippen molar-refractivity contribution in [2.75, 3.05) is 13.1 Å². The Labute approximate surface area is 159 Å². The van der Waals surface area contributed by atoms with E-state index in [4.69, 9.17) is 0 Å². The van der Waals surface area contributed by atoms with Crippen molar-refractivity contribution in [2.45, 2.75) is 44.7 Å². The molecule has 0 unspecified atom stereocenters. The van der Waals surface area contributed by atoms with E-state index in [-0.39, 0.29) is 23.3 Å². The molecular weight excluding hydrogens is 368 g/mol. The highest BCUT2D eigenvalue weighted by molar-refractivity contribution is 7.89. The molecule has 0 spiro atoms. The van der Waals surface area contributed by atoms with Crippen LogP contribution in [0.25, 0.3) is 0 Å². The van der Waals surface area contributed by atoms with Crippen molar-refractivity contribution in [1.29, 1.82) is 0 Å². The quantitative estimate of drug-likeness (QED) is 0.776. The highest BCUT2D eigenvalue weighted by atomic mass is 32.2. The van der Waals surface area contributed by atoms with E-state index in [1.807, 2.05) is 24.7 Å². The van der Waals surface area contributed by atoms with E-state index in [2.05, 4.69) is 15.5 Å². The molecule has 1 atom stereocenters. The zero-order valence-corrected chi connectivity index (χ0v) is 16.7. The minimum Gasteiger partial charge on any atom is -0.352 e. The molecule has 27 heavy (non-hydrogen) atoms. The Morgan fingerprint density at radius 2 is 2.15 bits per heavy atom. The Balaban J connectivity index is 1.63. The lowest BCUT2D eigenvalue weighted by atomic mass is 9.99. The predicted molar refractivity (Wildman–Crippen MR) is 99.2 cm³/mol. The highest BCUT2D eigenvalue weighted by Gasteiger charge is 2.33. The average Bonchev–Trinajstić information content (AvgIpc) is 3.25. The molecule has 2 aromatic rings. The fourth-order valence-electron chi connectivity index (χ4n) is 3.28. The molecule has 1 aliphatic heterocycles. The van der Waals surface area contributed by atoms with Gasteiger partial charge in [0.25, 0.3) is 0 Å². The van der Waals surface area contributed by atoms with Gasteiger partial charge in [0.05, 0.1) is 17.8 Å². The molecule has 148 valence electrons. The number of rotatable bonds is 6. The van der Waals surface area contributed by atoms with Crippen LogP contribution in [0, 0.1) is 12.8 Å². The summed E-state index contributed by atoms with van der Waals surface area (Å²) in [6.45, 7) is 5.71. The van der Waals surface area contributed by atoms with Crippen LogP contribution in [0.5, 0.6) is 0 Å². The molecule has 1 aliphatic rings.